The monoisotopic (exact) mass is 274 g/mol. The van der Waals surface area contributed by atoms with Crippen molar-refractivity contribution in [2.75, 3.05) is 14.1 Å². The first-order valence-electron chi connectivity index (χ1n) is 6.01. The van der Waals surface area contributed by atoms with E-state index in [1.165, 1.54) is 5.01 Å². The number of aliphatic imine (C=N–C) groups is 1. The largest absolute Gasteiger partial charge is 0.384 e. The number of piperidine rings is 1. The molecule has 0 aromatic rings. The van der Waals surface area contributed by atoms with Crippen LogP contribution in [0.4, 0.5) is 0 Å². The topological polar surface area (TPSA) is 127 Å². The van der Waals surface area contributed by atoms with E-state index in [1.807, 2.05) is 12.1 Å². The molecule has 8 nitrogen and oxygen atoms in total. The zero-order valence-electron chi connectivity index (χ0n) is 11.4. The molecule has 2 amide bonds. The van der Waals surface area contributed by atoms with Crippen LogP contribution >= 0.6 is 0 Å². The van der Waals surface area contributed by atoms with Gasteiger partial charge in [0.15, 0.2) is 5.41 Å². The molecule has 0 radical (unpaired) electrons. The molecule has 104 valence electrons. The van der Waals surface area contributed by atoms with E-state index in [9.17, 15) is 20.1 Å². The van der Waals surface area contributed by atoms with E-state index in [1.54, 1.807) is 21.0 Å². The minimum absolute atomic E-state index is 0.0241. The molecule has 1 saturated heterocycles. The molecule has 0 bridgehead atoms. The minimum atomic E-state index is -1.88. The van der Waals surface area contributed by atoms with Crippen LogP contribution in [0.2, 0.25) is 0 Å². The summed E-state index contributed by atoms with van der Waals surface area (Å²) < 4.78 is 0. The summed E-state index contributed by atoms with van der Waals surface area (Å²) >= 11 is 0. The van der Waals surface area contributed by atoms with Crippen molar-refractivity contribution in [3.63, 3.8) is 0 Å². The standard InChI is InChI=1S/C12H14N6O2/c1-7-4-8(19)18(17(2)3)12(6-14)9(15)16-10(20)11(7,12)5-13/h7H,4H2,1-3H3,(H2,15,16,20)/t7-,11-,12+/m0/s1. The summed E-state index contributed by atoms with van der Waals surface area (Å²) in [6.45, 7) is 1.59. The number of nitriles is 2. The molecule has 2 aliphatic heterocycles. The molecule has 0 aliphatic carbocycles. The quantitative estimate of drug-likeness (QED) is 0.653. The van der Waals surface area contributed by atoms with Gasteiger partial charge in [-0.05, 0) is 5.92 Å². The lowest BCUT2D eigenvalue weighted by molar-refractivity contribution is -0.171. The van der Waals surface area contributed by atoms with Crippen LogP contribution in [-0.4, -0.2) is 47.3 Å². The number of hydrogen-bond donors (Lipinski definition) is 1. The lowest BCUT2D eigenvalue weighted by Crippen LogP contribution is -2.73. The number of nitrogens with two attached hydrogens (primary N) is 1. The van der Waals surface area contributed by atoms with E-state index in [0.29, 0.717) is 0 Å². The van der Waals surface area contributed by atoms with Gasteiger partial charge >= 0.3 is 0 Å². The summed E-state index contributed by atoms with van der Waals surface area (Å²) in [7, 11) is 3.09. The van der Waals surface area contributed by atoms with Gasteiger partial charge in [0.1, 0.15) is 11.9 Å². The fraction of sp³-hybridized carbons (Fsp3) is 0.583. The first kappa shape index (κ1) is 14.0. The fourth-order valence-electron chi connectivity index (χ4n) is 3.12. The average Bonchev–Trinajstić information content (AvgIpc) is 2.58. The van der Waals surface area contributed by atoms with Crippen molar-refractivity contribution in [1.82, 2.24) is 10.0 Å². The van der Waals surface area contributed by atoms with Crippen molar-refractivity contribution in [2.45, 2.75) is 18.9 Å². The molecule has 0 aromatic carbocycles. The molecule has 1 fully saturated rings. The van der Waals surface area contributed by atoms with E-state index in [-0.39, 0.29) is 18.2 Å². The Morgan fingerprint density at radius 2 is 2.00 bits per heavy atom. The molecule has 0 aromatic heterocycles. The van der Waals surface area contributed by atoms with E-state index in [2.05, 4.69) is 4.99 Å². The summed E-state index contributed by atoms with van der Waals surface area (Å²) in [6.07, 6.45) is -0.0241. The van der Waals surface area contributed by atoms with Gasteiger partial charge in [-0.25, -0.2) is 10.0 Å². The molecular weight excluding hydrogens is 260 g/mol. The zero-order valence-corrected chi connectivity index (χ0v) is 11.4. The number of hydrazine groups is 1. The second kappa shape index (κ2) is 4.02. The molecule has 2 heterocycles. The van der Waals surface area contributed by atoms with Crippen molar-refractivity contribution in [2.24, 2.45) is 22.1 Å². The highest BCUT2D eigenvalue weighted by Gasteiger charge is 2.74. The smallest absolute Gasteiger partial charge is 0.272 e. The van der Waals surface area contributed by atoms with Crippen molar-refractivity contribution in [3.8, 4) is 12.1 Å². The number of carbonyl (C=O) groups excluding carboxylic acids is 2. The van der Waals surface area contributed by atoms with E-state index < -0.39 is 22.8 Å². The maximum Gasteiger partial charge on any atom is 0.272 e. The number of nitrogens with zero attached hydrogens (tertiary/aromatic N) is 5. The Morgan fingerprint density at radius 3 is 2.45 bits per heavy atom. The highest BCUT2D eigenvalue weighted by molar-refractivity contribution is 6.16. The molecule has 2 rings (SSSR count). The van der Waals surface area contributed by atoms with Crippen LogP contribution < -0.4 is 5.73 Å². The average molecular weight is 274 g/mol. The number of carbonyl (C=O) groups is 2. The third kappa shape index (κ3) is 1.19. The highest BCUT2D eigenvalue weighted by atomic mass is 16.2. The SMILES string of the molecule is C[C@H]1CC(=O)N(N(C)C)[C@]2(C#N)C(N)=NC(=O)[C@]12C#N. The first-order valence-corrected chi connectivity index (χ1v) is 6.01. The molecule has 0 unspecified atom stereocenters. The third-order valence-corrected chi connectivity index (χ3v) is 4.01. The normalized spacial score (nSPS) is 36.4. The summed E-state index contributed by atoms with van der Waals surface area (Å²) in [6, 6.07) is 3.83. The van der Waals surface area contributed by atoms with Gasteiger partial charge in [0.2, 0.25) is 11.4 Å². The van der Waals surface area contributed by atoms with Gasteiger partial charge in [-0.1, -0.05) is 6.92 Å². The van der Waals surface area contributed by atoms with E-state index in [4.69, 9.17) is 5.73 Å². The number of amidine groups is 1. The first-order chi connectivity index (χ1) is 9.29. The Balaban J connectivity index is 2.84. The van der Waals surface area contributed by atoms with E-state index >= 15 is 0 Å². The van der Waals surface area contributed by atoms with Gasteiger partial charge in [-0.2, -0.15) is 15.5 Å². The lowest BCUT2D eigenvalue weighted by Gasteiger charge is -2.51. The molecule has 0 spiro atoms. The van der Waals surface area contributed by atoms with Gasteiger partial charge < -0.3 is 5.73 Å². The molecule has 3 atom stereocenters. The molecular formula is C12H14N6O2. The van der Waals surface area contributed by atoms with Gasteiger partial charge in [-0.3, -0.25) is 9.59 Å². The Hall–Kier alpha value is -2.45. The Labute approximate surface area is 116 Å². The molecule has 2 N–H and O–H groups in total. The summed E-state index contributed by atoms with van der Waals surface area (Å²) in [4.78, 5) is 28.1. The summed E-state index contributed by atoms with van der Waals surface area (Å²) in [5.41, 5.74) is 2.14. The van der Waals surface area contributed by atoms with Gasteiger partial charge in [0, 0.05) is 20.5 Å². The highest BCUT2D eigenvalue weighted by Crippen LogP contribution is 2.52. The van der Waals surface area contributed by atoms with Crippen LogP contribution in [0.1, 0.15) is 13.3 Å². The van der Waals surface area contributed by atoms with Gasteiger partial charge in [0.25, 0.3) is 5.91 Å². The maximum atomic E-state index is 12.3. The lowest BCUT2D eigenvalue weighted by atomic mass is 9.60. The fourth-order valence-corrected chi connectivity index (χ4v) is 3.12. The Kier molecular flexibility index (Phi) is 2.81. The van der Waals surface area contributed by atoms with Gasteiger partial charge in [0.05, 0.1) is 6.07 Å². The third-order valence-electron chi connectivity index (χ3n) is 4.01. The van der Waals surface area contributed by atoms with Crippen LogP contribution in [0.3, 0.4) is 0 Å². The van der Waals surface area contributed by atoms with Crippen LogP contribution in [-0.2, 0) is 9.59 Å². The maximum absolute atomic E-state index is 12.3. The number of rotatable bonds is 1. The molecule has 0 saturated carbocycles. The second-order valence-electron chi connectivity index (χ2n) is 5.20. The molecule has 2 aliphatic rings. The molecule has 8 heteroatoms. The van der Waals surface area contributed by atoms with E-state index in [0.717, 1.165) is 5.01 Å². The predicted molar refractivity (Wildman–Crippen MR) is 67.3 cm³/mol. The molecule has 20 heavy (non-hydrogen) atoms. The minimum Gasteiger partial charge on any atom is -0.384 e. The van der Waals surface area contributed by atoms with Crippen LogP contribution in [0.15, 0.2) is 4.99 Å². The second-order valence-corrected chi connectivity index (χ2v) is 5.20. The van der Waals surface area contributed by atoms with Crippen LogP contribution in [0.25, 0.3) is 0 Å². The summed E-state index contributed by atoms with van der Waals surface area (Å²) in [5, 5.41) is 21.7. The van der Waals surface area contributed by atoms with Crippen molar-refractivity contribution in [3.05, 3.63) is 0 Å². The zero-order chi connectivity index (χ0) is 15.3. The number of hydrogen-bond acceptors (Lipinski definition) is 6. The predicted octanol–water partition coefficient (Wildman–Crippen LogP) is -0.999. The summed E-state index contributed by atoms with van der Waals surface area (Å²) in [5.74, 6) is -2.08. The number of fused-ring (bicyclic) bond motifs is 1. The van der Waals surface area contributed by atoms with Crippen molar-refractivity contribution < 1.29 is 9.59 Å². The van der Waals surface area contributed by atoms with Crippen molar-refractivity contribution in [1.29, 1.82) is 10.5 Å². The van der Waals surface area contributed by atoms with Crippen LogP contribution in [0, 0.1) is 34.0 Å². The van der Waals surface area contributed by atoms with Gasteiger partial charge in [-0.15, -0.1) is 0 Å². The van der Waals surface area contributed by atoms with Crippen LogP contribution in [0.5, 0.6) is 0 Å². The number of amides is 2. The Bertz CT molecular complexity index is 612. The van der Waals surface area contributed by atoms with Crippen molar-refractivity contribution >= 4 is 17.6 Å². The Morgan fingerprint density at radius 1 is 1.40 bits per heavy atom.